The van der Waals surface area contributed by atoms with Gasteiger partial charge in [-0.15, -0.1) is 0 Å². The summed E-state index contributed by atoms with van der Waals surface area (Å²) in [6.07, 6.45) is 2.13. The normalized spacial score (nSPS) is 13.5. The van der Waals surface area contributed by atoms with E-state index >= 15 is 0 Å². The van der Waals surface area contributed by atoms with Crippen LogP contribution in [0.15, 0.2) is 95.4 Å². The first-order chi connectivity index (χ1) is 21.4. The van der Waals surface area contributed by atoms with Gasteiger partial charge in [-0.05, 0) is 77.6 Å². The van der Waals surface area contributed by atoms with Crippen molar-refractivity contribution >= 4 is 39.8 Å². The van der Waals surface area contributed by atoms with Crippen LogP contribution in [0.25, 0.3) is 27.9 Å². The predicted octanol–water partition coefficient (Wildman–Crippen LogP) is 1.82. The van der Waals surface area contributed by atoms with Gasteiger partial charge in [-0.2, -0.15) is 0 Å². The van der Waals surface area contributed by atoms with Gasteiger partial charge in [0.15, 0.2) is 17.1 Å². The molecular weight excluding hydrogens is 583 g/mol. The first-order valence-electron chi connectivity index (χ1n) is 14.5. The van der Waals surface area contributed by atoms with Crippen LogP contribution in [0.1, 0.15) is 42.2 Å². The molecule has 6 rings (SSSR count). The zero-order valence-corrected chi connectivity index (χ0v) is 26.9. The number of aromatic nitrogens is 1. The maximum absolute atomic E-state index is 13.6. The summed E-state index contributed by atoms with van der Waals surface area (Å²) in [7, 11) is 0. The molecule has 4 aromatic carbocycles. The van der Waals surface area contributed by atoms with Gasteiger partial charge < -0.3 is 33.8 Å². The van der Waals surface area contributed by atoms with Gasteiger partial charge in [-0.25, -0.2) is 4.98 Å². The van der Waals surface area contributed by atoms with Crippen molar-refractivity contribution in [2.75, 3.05) is 13.3 Å². The number of carboxylic acid groups (broad SMARTS) is 1. The number of hydrogen-bond acceptors (Lipinski definition) is 8. The molecule has 0 aliphatic carbocycles. The zero-order chi connectivity index (χ0) is 30.5. The van der Waals surface area contributed by atoms with Crippen molar-refractivity contribution in [3.63, 3.8) is 0 Å². The van der Waals surface area contributed by atoms with E-state index in [0.717, 1.165) is 27.4 Å². The maximum atomic E-state index is 13.6. The van der Waals surface area contributed by atoms with Gasteiger partial charge in [0.05, 0.1) is 0 Å². The molecule has 2 atom stereocenters. The fraction of sp³-hybridized carbons (Fsp3) is 0.229. The molecule has 0 bridgehead atoms. The van der Waals surface area contributed by atoms with Crippen molar-refractivity contribution in [1.29, 1.82) is 0 Å². The number of carbonyl (C=O) groups is 2. The first kappa shape index (κ1) is 32.2. The number of rotatable bonds is 12. The van der Waals surface area contributed by atoms with Gasteiger partial charge >= 0.3 is 29.6 Å². The Morgan fingerprint density at radius 1 is 0.956 bits per heavy atom. The molecule has 1 aliphatic heterocycles. The monoisotopic (exact) mass is 614 g/mol. The van der Waals surface area contributed by atoms with Crippen LogP contribution in [0.4, 0.5) is 0 Å². The number of aliphatic hydroxyl groups is 1. The second-order valence-electron chi connectivity index (χ2n) is 10.8. The largest absolute Gasteiger partial charge is 1.00 e. The Morgan fingerprint density at radius 3 is 2.56 bits per heavy atom. The second-order valence-corrected chi connectivity index (χ2v) is 10.8. The molecule has 5 aromatic rings. The molecule has 0 saturated carbocycles. The Hall–Kier alpha value is -4.15. The van der Waals surface area contributed by atoms with Crippen LogP contribution in [-0.4, -0.2) is 46.3 Å². The molecule has 1 amide bonds. The van der Waals surface area contributed by atoms with E-state index in [1.807, 2.05) is 97.1 Å². The van der Waals surface area contributed by atoms with Gasteiger partial charge in [0.25, 0.3) is 5.91 Å². The molecule has 45 heavy (non-hydrogen) atoms. The topological polar surface area (TPSA) is 125 Å². The Labute approximate surface area is 282 Å². The Morgan fingerprint density at radius 2 is 1.73 bits per heavy atom. The van der Waals surface area contributed by atoms with Crippen LogP contribution in [0.3, 0.4) is 0 Å². The third kappa shape index (κ3) is 7.93. The standard InChI is InChI=1S/C35H32N2O7.Na/c38-29(15-17-34(39)40)35(41)37(20-23-12-13-24-6-1-2-7-25(24)18-23)21-27(26-14-16-31-32(19-26)43-22-42-31)8-5-11-33-36-28-9-3-4-10-30(28)44-33;/h1-7,9-14,16,18-19,27,29,38H,8,15,17,20-22H2,(H,39,40);/q;+1/p-1/b11-5+;. The number of benzene rings is 4. The van der Waals surface area contributed by atoms with E-state index in [2.05, 4.69) is 4.98 Å². The van der Waals surface area contributed by atoms with Crippen LogP contribution in [-0.2, 0) is 16.1 Å². The Bertz CT molecular complexity index is 1800. The summed E-state index contributed by atoms with van der Waals surface area (Å²) in [4.78, 5) is 30.8. The van der Waals surface area contributed by atoms with E-state index < -0.39 is 24.4 Å². The van der Waals surface area contributed by atoms with E-state index in [1.54, 1.807) is 4.90 Å². The molecule has 0 saturated heterocycles. The summed E-state index contributed by atoms with van der Waals surface area (Å²) >= 11 is 0. The predicted molar refractivity (Wildman–Crippen MR) is 163 cm³/mol. The maximum Gasteiger partial charge on any atom is 1.00 e. The third-order valence-electron chi connectivity index (χ3n) is 7.71. The van der Waals surface area contributed by atoms with E-state index in [9.17, 15) is 19.8 Å². The number of fused-ring (bicyclic) bond motifs is 3. The number of aliphatic carboxylic acids is 1. The van der Waals surface area contributed by atoms with Crippen molar-refractivity contribution < 1.29 is 63.3 Å². The van der Waals surface area contributed by atoms with Crippen molar-refractivity contribution in [1.82, 2.24) is 9.88 Å². The molecule has 1 aliphatic rings. The molecule has 1 aromatic heterocycles. The molecule has 0 radical (unpaired) electrons. The average Bonchev–Trinajstić information content (AvgIpc) is 3.68. The van der Waals surface area contributed by atoms with Crippen LogP contribution in [0.5, 0.6) is 11.5 Å². The van der Waals surface area contributed by atoms with Crippen molar-refractivity contribution in [2.24, 2.45) is 0 Å². The van der Waals surface area contributed by atoms with Gasteiger partial charge in [0, 0.05) is 25.0 Å². The van der Waals surface area contributed by atoms with Crippen LogP contribution in [0.2, 0.25) is 0 Å². The number of nitrogens with zero attached hydrogens (tertiary/aromatic N) is 2. The summed E-state index contributed by atoms with van der Waals surface area (Å²) < 4.78 is 17.0. The number of amides is 1. The van der Waals surface area contributed by atoms with Gasteiger partial charge in [0.1, 0.15) is 11.6 Å². The molecular formula is C35H31N2NaO7. The van der Waals surface area contributed by atoms with Gasteiger partial charge in [-0.3, -0.25) is 4.79 Å². The molecule has 1 N–H and O–H groups in total. The number of carbonyl (C=O) groups excluding carboxylic acids is 2. The van der Waals surface area contributed by atoms with E-state index in [4.69, 9.17) is 13.9 Å². The quantitative estimate of drug-likeness (QED) is 0.211. The number of oxazole rings is 1. The molecule has 2 heterocycles. The van der Waals surface area contributed by atoms with E-state index in [-0.39, 0.29) is 61.8 Å². The van der Waals surface area contributed by atoms with Crippen LogP contribution >= 0.6 is 0 Å². The van der Waals surface area contributed by atoms with Crippen LogP contribution < -0.4 is 44.1 Å². The van der Waals surface area contributed by atoms with Crippen LogP contribution in [0, 0.1) is 0 Å². The summed E-state index contributed by atoms with van der Waals surface area (Å²) in [5.74, 6) is -0.345. The molecule has 0 fully saturated rings. The van der Waals surface area contributed by atoms with Gasteiger partial charge in [-0.1, -0.05) is 60.7 Å². The van der Waals surface area contributed by atoms with Crippen molar-refractivity contribution in [3.05, 3.63) is 108 Å². The fourth-order valence-corrected chi connectivity index (χ4v) is 5.42. The molecule has 2 unspecified atom stereocenters. The number of ether oxygens (including phenoxy) is 2. The zero-order valence-electron chi connectivity index (χ0n) is 24.9. The van der Waals surface area contributed by atoms with E-state index in [0.29, 0.717) is 29.4 Å². The second kappa shape index (κ2) is 14.8. The number of aliphatic hydroxyl groups excluding tert-OH is 1. The summed E-state index contributed by atoms with van der Waals surface area (Å²) in [5, 5.41) is 23.9. The summed E-state index contributed by atoms with van der Waals surface area (Å²) in [6, 6.07) is 27.1. The van der Waals surface area contributed by atoms with E-state index in [1.165, 1.54) is 0 Å². The molecule has 0 spiro atoms. The van der Waals surface area contributed by atoms with Crippen molar-refractivity contribution in [3.8, 4) is 11.5 Å². The minimum absolute atomic E-state index is 0. The third-order valence-corrected chi connectivity index (χ3v) is 7.71. The molecule has 224 valence electrons. The number of para-hydroxylation sites is 2. The SMILES string of the molecule is O=C([O-])CCC(O)C(=O)N(Cc1ccc2ccccc2c1)CC(C/C=C/c1nc2ccccc2o1)c1ccc2c(c1)OCO2.[Na+]. The molecule has 9 nitrogen and oxygen atoms in total. The Kier molecular flexibility index (Phi) is 10.6. The van der Waals surface area contributed by atoms with Crippen molar-refractivity contribution in [2.45, 2.75) is 37.8 Å². The Balaban J connectivity index is 0.00000400. The summed E-state index contributed by atoms with van der Waals surface area (Å²) in [6.45, 7) is 0.603. The smallest absolute Gasteiger partial charge is 0.550 e. The number of allylic oxidation sites excluding steroid dienone is 1. The molecule has 10 heteroatoms. The average molecular weight is 615 g/mol. The minimum atomic E-state index is -1.49. The first-order valence-corrected chi connectivity index (χ1v) is 14.5. The number of hydrogen-bond donors (Lipinski definition) is 1. The van der Waals surface area contributed by atoms with Gasteiger partial charge in [0.2, 0.25) is 12.7 Å². The fourth-order valence-electron chi connectivity index (χ4n) is 5.42. The number of carboxylic acids is 1. The summed E-state index contributed by atoms with van der Waals surface area (Å²) in [5.41, 5.74) is 3.25. The minimum Gasteiger partial charge on any atom is -0.550 e.